The molecule has 1 unspecified atom stereocenters. The molecule has 1 aromatic rings. The molecule has 0 radical (unpaired) electrons. The van der Waals surface area contributed by atoms with Gasteiger partial charge in [0.15, 0.2) is 5.96 Å². The Morgan fingerprint density at radius 1 is 1.24 bits per heavy atom. The predicted octanol–water partition coefficient (Wildman–Crippen LogP) is 2.14. The lowest BCUT2D eigenvalue weighted by Crippen LogP contribution is -2.44. The van der Waals surface area contributed by atoms with Crippen LogP contribution >= 0.6 is 15.9 Å². The Kier molecular flexibility index (Phi) is 7.82. The van der Waals surface area contributed by atoms with E-state index in [0.29, 0.717) is 24.7 Å². The van der Waals surface area contributed by atoms with Gasteiger partial charge in [-0.15, -0.1) is 0 Å². The summed E-state index contributed by atoms with van der Waals surface area (Å²) in [4.78, 5) is 16.0. The van der Waals surface area contributed by atoms with E-state index < -0.39 is 0 Å². The van der Waals surface area contributed by atoms with E-state index in [1.807, 2.05) is 12.1 Å². The lowest BCUT2D eigenvalue weighted by Gasteiger charge is -2.16. The first-order chi connectivity index (χ1) is 10.1. The standard InChI is InChI=1S/C15H23BrN4O/c1-4-11(2)20-15(17-3)19-10-9-18-14(21)12-5-7-13(16)8-6-12/h5-8,11H,4,9-10H2,1-3H3,(H,18,21)(H2,17,19,20). The molecule has 0 aliphatic heterocycles. The van der Waals surface area contributed by atoms with Gasteiger partial charge in [-0.3, -0.25) is 9.79 Å². The average molecular weight is 355 g/mol. The molecule has 116 valence electrons. The molecule has 0 aliphatic carbocycles. The molecule has 0 fully saturated rings. The van der Waals surface area contributed by atoms with Gasteiger partial charge < -0.3 is 16.0 Å². The fourth-order valence-corrected chi connectivity index (χ4v) is 1.85. The minimum Gasteiger partial charge on any atom is -0.355 e. The van der Waals surface area contributed by atoms with E-state index in [4.69, 9.17) is 0 Å². The van der Waals surface area contributed by atoms with Crippen LogP contribution in [0.4, 0.5) is 0 Å². The molecule has 1 rings (SSSR count). The van der Waals surface area contributed by atoms with Crippen molar-refractivity contribution in [3.8, 4) is 0 Å². The number of nitrogens with one attached hydrogen (secondary N) is 3. The average Bonchev–Trinajstić information content (AvgIpc) is 2.50. The molecular weight excluding hydrogens is 332 g/mol. The van der Waals surface area contributed by atoms with Gasteiger partial charge in [0.1, 0.15) is 0 Å². The van der Waals surface area contributed by atoms with Crippen molar-refractivity contribution in [2.24, 2.45) is 4.99 Å². The number of benzene rings is 1. The zero-order valence-corrected chi connectivity index (χ0v) is 14.3. The van der Waals surface area contributed by atoms with E-state index in [1.54, 1.807) is 19.2 Å². The highest BCUT2D eigenvalue weighted by atomic mass is 79.9. The van der Waals surface area contributed by atoms with Gasteiger partial charge in [0.05, 0.1) is 0 Å². The number of carbonyl (C=O) groups excluding carboxylic acids is 1. The van der Waals surface area contributed by atoms with Crippen LogP contribution in [0, 0.1) is 0 Å². The SMILES string of the molecule is CCC(C)NC(=NC)NCCNC(=O)c1ccc(Br)cc1. The van der Waals surface area contributed by atoms with Crippen LogP contribution in [-0.4, -0.2) is 38.0 Å². The van der Waals surface area contributed by atoms with Gasteiger partial charge in [0.25, 0.3) is 5.91 Å². The maximum absolute atomic E-state index is 11.9. The second kappa shape index (κ2) is 9.39. The van der Waals surface area contributed by atoms with Crippen molar-refractivity contribution >= 4 is 27.8 Å². The van der Waals surface area contributed by atoms with Crippen LogP contribution in [0.3, 0.4) is 0 Å². The third-order valence-corrected chi connectivity index (χ3v) is 3.56. The van der Waals surface area contributed by atoms with E-state index in [1.165, 1.54) is 0 Å². The van der Waals surface area contributed by atoms with Crippen molar-refractivity contribution < 1.29 is 4.79 Å². The van der Waals surface area contributed by atoms with Gasteiger partial charge in [-0.1, -0.05) is 22.9 Å². The molecule has 0 aromatic heterocycles. The van der Waals surface area contributed by atoms with Crippen LogP contribution in [0.15, 0.2) is 33.7 Å². The molecule has 1 atom stereocenters. The smallest absolute Gasteiger partial charge is 0.251 e. The Balaban J connectivity index is 2.30. The first-order valence-corrected chi connectivity index (χ1v) is 7.87. The Bertz CT molecular complexity index is 473. The van der Waals surface area contributed by atoms with Gasteiger partial charge in [-0.25, -0.2) is 0 Å². The molecule has 1 aromatic carbocycles. The van der Waals surface area contributed by atoms with Crippen LogP contribution in [0.2, 0.25) is 0 Å². The first-order valence-electron chi connectivity index (χ1n) is 7.07. The molecule has 6 heteroatoms. The zero-order valence-electron chi connectivity index (χ0n) is 12.7. The van der Waals surface area contributed by atoms with Crippen molar-refractivity contribution in [2.75, 3.05) is 20.1 Å². The van der Waals surface area contributed by atoms with Gasteiger partial charge in [0.2, 0.25) is 0 Å². The number of halogens is 1. The summed E-state index contributed by atoms with van der Waals surface area (Å²) in [5.74, 6) is 0.677. The van der Waals surface area contributed by atoms with Gasteiger partial charge >= 0.3 is 0 Å². The largest absolute Gasteiger partial charge is 0.355 e. The minimum atomic E-state index is -0.0748. The van der Waals surface area contributed by atoms with Gasteiger partial charge in [-0.2, -0.15) is 0 Å². The van der Waals surface area contributed by atoms with Crippen LogP contribution < -0.4 is 16.0 Å². The number of hydrogen-bond donors (Lipinski definition) is 3. The third kappa shape index (κ3) is 6.62. The van der Waals surface area contributed by atoms with E-state index in [9.17, 15) is 4.79 Å². The molecule has 0 heterocycles. The summed E-state index contributed by atoms with van der Waals surface area (Å²) in [6.07, 6.45) is 1.03. The fourth-order valence-electron chi connectivity index (χ4n) is 1.59. The number of rotatable bonds is 6. The van der Waals surface area contributed by atoms with Crippen LogP contribution in [0.25, 0.3) is 0 Å². The van der Waals surface area contributed by atoms with E-state index in [2.05, 4.69) is 50.7 Å². The number of hydrogen-bond acceptors (Lipinski definition) is 2. The lowest BCUT2D eigenvalue weighted by atomic mass is 10.2. The molecule has 0 saturated carbocycles. The molecule has 0 saturated heterocycles. The highest BCUT2D eigenvalue weighted by Crippen LogP contribution is 2.10. The number of carbonyl (C=O) groups is 1. The Morgan fingerprint density at radius 2 is 1.86 bits per heavy atom. The van der Waals surface area contributed by atoms with Crippen molar-refractivity contribution in [1.82, 2.24) is 16.0 Å². The summed E-state index contributed by atoms with van der Waals surface area (Å²) in [6, 6.07) is 7.65. The number of aliphatic imine (C=N–C) groups is 1. The molecule has 5 nitrogen and oxygen atoms in total. The molecule has 0 bridgehead atoms. The third-order valence-electron chi connectivity index (χ3n) is 3.03. The van der Waals surface area contributed by atoms with Gasteiger partial charge in [-0.05, 0) is 37.6 Å². The molecule has 0 aliphatic rings. The number of guanidine groups is 1. The first kappa shape index (κ1) is 17.5. The topological polar surface area (TPSA) is 65.5 Å². The second-order valence-electron chi connectivity index (χ2n) is 4.72. The van der Waals surface area contributed by atoms with Crippen molar-refractivity contribution in [3.05, 3.63) is 34.3 Å². The summed E-state index contributed by atoms with van der Waals surface area (Å²) in [5, 5.41) is 9.30. The predicted molar refractivity (Wildman–Crippen MR) is 90.7 cm³/mol. The van der Waals surface area contributed by atoms with Crippen LogP contribution in [-0.2, 0) is 0 Å². The van der Waals surface area contributed by atoms with E-state index in [-0.39, 0.29) is 5.91 Å². The van der Waals surface area contributed by atoms with E-state index in [0.717, 1.165) is 16.9 Å². The monoisotopic (exact) mass is 354 g/mol. The molecule has 21 heavy (non-hydrogen) atoms. The lowest BCUT2D eigenvalue weighted by molar-refractivity contribution is 0.0954. The van der Waals surface area contributed by atoms with Crippen molar-refractivity contribution in [1.29, 1.82) is 0 Å². The summed E-state index contributed by atoms with van der Waals surface area (Å²) >= 11 is 3.35. The summed E-state index contributed by atoms with van der Waals surface area (Å²) in [6.45, 7) is 5.38. The summed E-state index contributed by atoms with van der Waals surface area (Å²) < 4.78 is 0.959. The van der Waals surface area contributed by atoms with Crippen molar-refractivity contribution in [3.63, 3.8) is 0 Å². The molecule has 0 spiro atoms. The van der Waals surface area contributed by atoms with Gasteiger partial charge in [0, 0.05) is 36.2 Å². The zero-order chi connectivity index (χ0) is 15.7. The number of nitrogens with zero attached hydrogens (tertiary/aromatic N) is 1. The Hall–Kier alpha value is -1.56. The number of amides is 1. The van der Waals surface area contributed by atoms with Crippen LogP contribution in [0.1, 0.15) is 30.6 Å². The molecule has 3 N–H and O–H groups in total. The highest BCUT2D eigenvalue weighted by Gasteiger charge is 2.05. The maximum Gasteiger partial charge on any atom is 0.251 e. The summed E-state index contributed by atoms with van der Waals surface area (Å²) in [5.41, 5.74) is 0.653. The highest BCUT2D eigenvalue weighted by molar-refractivity contribution is 9.10. The van der Waals surface area contributed by atoms with E-state index >= 15 is 0 Å². The minimum absolute atomic E-state index is 0.0748. The second-order valence-corrected chi connectivity index (χ2v) is 5.63. The molecular formula is C15H23BrN4O. The molecule has 1 amide bonds. The Labute approximate surface area is 134 Å². The Morgan fingerprint density at radius 3 is 2.43 bits per heavy atom. The van der Waals surface area contributed by atoms with Crippen molar-refractivity contribution in [2.45, 2.75) is 26.3 Å². The maximum atomic E-state index is 11.9. The summed E-state index contributed by atoms with van der Waals surface area (Å²) in [7, 11) is 1.73. The quantitative estimate of drug-likeness (QED) is 0.416. The normalized spacial score (nSPS) is 12.7. The van der Waals surface area contributed by atoms with Crippen LogP contribution in [0.5, 0.6) is 0 Å². The fraction of sp³-hybridized carbons (Fsp3) is 0.467.